The molecule has 5 heteroatoms. The zero-order valence-corrected chi connectivity index (χ0v) is 17.8. The number of hydrogen-bond donors (Lipinski definition) is 1. The van der Waals surface area contributed by atoms with Crippen LogP contribution in [-0.4, -0.2) is 32.7 Å². The van der Waals surface area contributed by atoms with Crippen LogP contribution in [0.2, 0.25) is 0 Å². The van der Waals surface area contributed by atoms with Gasteiger partial charge in [0.05, 0.1) is 0 Å². The van der Waals surface area contributed by atoms with Crippen LogP contribution < -0.4 is 5.32 Å². The van der Waals surface area contributed by atoms with E-state index in [2.05, 4.69) is 29.1 Å². The summed E-state index contributed by atoms with van der Waals surface area (Å²) in [6.07, 6.45) is 5.83. The standard InChI is InChI=1S/C15H15FN.C5H11N2.Y/c1-3-11-9-10-17-15(14(11)4-2)12-5-7-13(16)8-6-12;1-6-5-2-3-7-4-5;/h3-8,15H,1-2,9-10H2;5,7H,2-4H2,1H3;/q2*-1;. The molecule has 2 atom stereocenters. The Kier molecular flexibility index (Phi) is 10.6. The van der Waals surface area contributed by atoms with Gasteiger partial charge < -0.3 is 16.0 Å². The van der Waals surface area contributed by atoms with Gasteiger partial charge in [0.2, 0.25) is 0 Å². The van der Waals surface area contributed by atoms with Crippen molar-refractivity contribution in [1.82, 2.24) is 5.32 Å². The Balaban J connectivity index is 0.000000330. The molecular formula is C20H26FN3Y-2. The minimum atomic E-state index is -0.224. The van der Waals surface area contributed by atoms with Crippen molar-refractivity contribution in [3.8, 4) is 0 Å². The van der Waals surface area contributed by atoms with Crippen molar-refractivity contribution in [3.05, 3.63) is 82.7 Å². The molecule has 1 saturated heterocycles. The monoisotopic (exact) mass is 416 g/mol. The van der Waals surface area contributed by atoms with Gasteiger partial charge in [-0.05, 0) is 37.2 Å². The first-order valence-corrected chi connectivity index (χ1v) is 8.39. The number of benzene rings is 1. The van der Waals surface area contributed by atoms with Crippen molar-refractivity contribution in [2.24, 2.45) is 0 Å². The Morgan fingerprint density at radius 1 is 1.24 bits per heavy atom. The third kappa shape index (κ3) is 6.54. The van der Waals surface area contributed by atoms with Gasteiger partial charge in [-0.2, -0.15) is 7.05 Å². The molecule has 2 aliphatic heterocycles. The summed E-state index contributed by atoms with van der Waals surface area (Å²) >= 11 is 0. The number of nitrogens with zero attached hydrogens (tertiary/aromatic N) is 2. The number of nitrogens with one attached hydrogen (secondary N) is 1. The van der Waals surface area contributed by atoms with E-state index >= 15 is 0 Å². The minimum Gasteiger partial charge on any atom is -0.661 e. The molecule has 0 aromatic heterocycles. The van der Waals surface area contributed by atoms with E-state index in [0.29, 0.717) is 6.04 Å². The molecule has 1 radical (unpaired) electrons. The summed E-state index contributed by atoms with van der Waals surface area (Å²) in [5, 5.41) is 11.9. The predicted molar refractivity (Wildman–Crippen MR) is 100.0 cm³/mol. The van der Waals surface area contributed by atoms with Gasteiger partial charge >= 0.3 is 0 Å². The van der Waals surface area contributed by atoms with Gasteiger partial charge in [-0.1, -0.05) is 61.0 Å². The van der Waals surface area contributed by atoms with E-state index in [1.165, 1.54) is 24.1 Å². The molecule has 3 nitrogen and oxygen atoms in total. The molecule has 2 aliphatic rings. The molecule has 0 spiro atoms. The number of likely N-dealkylation sites (N-methyl/N-ethyl adjacent to an activating group) is 1. The van der Waals surface area contributed by atoms with Crippen LogP contribution in [0.4, 0.5) is 4.39 Å². The van der Waals surface area contributed by atoms with Crippen molar-refractivity contribution < 1.29 is 37.1 Å². The maximum absolute atomic E-state index is 12.9. The normalized spacial score (nSPS) is 22.5. The summed E-state index contributed by atoms with van der Waals surface area (Å²) in [5.41, 5.74) is 3.27. The van der Waals surface area contributed by atoms with Gasteiger partial charge in [0, 0.05) is 32.7 Å². The maximum Gasteiger partial charge on any atom is 0.123 e. The summed E-state index contributed by atoms with van der Waals surface area (Å²) < 4.78 is 12.9. The fourth-order valence-electron chi connectivity index (χ4n) is 2.98. The van der Waals surface area contributed by atoms with Crippen molar-refractivity contribution in [2.45, 2.75) is 24.9 Å². The predicted octanol–water partition coefficient (Wildman–Crippen LogP) is 4.66. The largest absolute Gasteiger partial charge is 0.661 e. The summed E-state index contributed by atoms with van der Waals surface area (Å²) in [6, 6.07) is 7.06. The Bertz CT molecular complexity index is 577. The smallest absolute Gasteiger partial charge is 0.123 e. The number of allylic oxidation sites excluding steroid dienone is 1. The van der Waals surface area contributed by atoms with Gasteiger partial charge in [-0.25, -0.2) is 4.39 Å². The van der Waals surface area contributed by atoms with E-state index in [4.69, 9.17) is 0 Å². The number of hydrogen-bond acceptors (Lipinski definition) is 1. The molecule has 0 amide bonds. The van der Waals surface area contributed by atoms with E-state index in [-0.39, 0.29) is 44.6 Å². The molecule has 2 heterocycles. The Hall–Kier alpha value is -0.646. The first-order valence-electron chi connectivity index (χ1n) is 8.39. The fourth-order valence-corrected chi connectivity index (χ4v) is 2.98. The SMILES string of the molecule is C=CC1=C(C=C)C(c2ccc(F)cc2)[N-]CC1.C[N-]C1CCNC1.[Y]. The van der Waals surface area contributed by atoms with Gasteiger partial charge in [0.25, 0.3) is 0 Å². The minimum absolute atomic E-state index is 0. The third-order valence-electron chi connectivity index (χ3n) is 4.41. The number of halogens is 1. The molecule has 25 heavy (non-hydrogen) atoms. The Labute approximate surface area is 176 Å². The van der Waals surface area contributed by atoms with Crippen LogP contribution in [0.3, 0.4) is 0 Å². The number of rotatable bonds is 4. The fraction of sp³-hybridized carbons (Fsp3) is 0.400. The second-order valence-corrected chi connectivity index (χ2v) is 5.90. The molecule has 0 aliphatic carbocycles. The Morgan fingerprint density at radius 2 is 1.96 bits per heavy atom. The molecule has 0 saturated carbocycles. The molecular weight excluding hydrogens is 390 g/mol. The summed E-state index contributed by atoms with van der Waals surface area (Å²) in [7, 11) is 1.89. The molecule has 1 aromatic carbocycles. The van der Waals surface area contributed by atoms with Crippen LogP contribution in [0.15, 0.2) is 60.7 Å². The van der Waals surface area contributed by atoms with E-state index < -0.39 is 0 Å². The average molecular weight is 416 g/mol. The molecule has 3 rings (SSSR count). The van der Waals surface area contributed by atoms with Gasteiger partial charge in [-0.3, -0.25) is 0 Å². The van der Waals surface area contributed by atoms with E-state index in [9.17, 15) is 4.39 Å². The van der Waals surface area contributed by atoms with Gasteiger partial charge in [0.1, 0.15) is 5.82 Å². The van der Waals surface area contributed by atoms with Crippen LogP contribution in [-0.2, 0) is 32.7 Å². The quantitative estimate of drug-likeness (QED) is 0.762. The van der Waals surface area contributed by atoms with Crippen LogP contribution in [0.5, 0.6) is 0 Å². The third-order valence-corrected chi connectivity index (χ3v) is 4.41. The molecule has 1 N–H and O–H groups in total. The first kappa shape index (κ1) is 22.4. The second kappa shape index (κ2) is 11.9. The van der Waals surface area contributed by atoms with Crippen LogP contribution in [0.25, 0.3) is 10.6 Å². The van der Waals surface area contributed by atoms with Crippen molar-refractivity contribution in [3.63, 3.8) is 0 Å². The zero-order valence-electron chi connectivity index (χ0n) is 14.9. The molecule has 133 valence electrons. The summed E-state index contributed by atoms with van der Waals surface area (Å²) in [5.74, 6) is -0.224. The van der Waals surface area contributed by atoms with E-state index in [0.717, 1.165) is 37.2 Å². The molecule has 1 aromatic rings. The van der Waals surface area contributed by atoms with Crippen molar-refractivity contribution in [1.29, 1.82) is 0 Å². The maximum atomic E-state index is 12.9. The van der Waals surface area contributed by atoms with Gasteiger partial charge in [0.15, 0.2) is 0 Å². The van der Waals surface area contributed by atoms with Crippen LogP contribution >= 0.6 is 0 Å². The second-order valence-electron chi connectivity index (χ2n) is 5.90. The molecule has 2 unspecified atom stereocenters. The van der Waals surface area contributed by atoms with E-state index in [1.807, 2.05) is 19.2 Å². The Morgan fingerprint density at radius 3 is 2.44 bits per heavy atom. The zero-order chi connectivity index (χ0) is 17.4. The van der Waals surface area contributed by atoms with Crippen molar-refractivity contribution in [2.75, 3.05) is 26.7 Å². The van der Waals surface area contributed by atoms with Crippen LogP contribution in [0, 0.1) is 5.82 Å². The topological polar surface area (TPSA) is 40.2 Å². The molecule has 1 fully saturated rings. The van der Waals surface area contributed by atoms with Crippen LogP contribution in [0.1, 0.15) is 24.4 Å². The average Bonchev–Trinajstić information content (AvgIpc) is 3.16. The van der Waals surface area contributed by atoms with Crippen molar-refractivity contribution >= 4 is 0 Å². The first-order chi connectivity index (χ1) is 11.7. The van der Waals surface area contributed by atoms with Gasteiger partial charge in [-0.15, -0.1) is 12.6 Å². The summed E-state index contributed by atoms with van der Waals surface area (Å²) in [6.45, 7) is 10.7. The summed E-state index contributed by atoms with van der Waals surface area (Å²) in [4.78, 5) is 0. The van der Waals surface area contributed by atoms with E-state index in [1.54, 1.807) is 12.1 Å². The molecule has 0 bridgehead atoms.